The van der Waals surface area contributed by atoms with Gasteiger partial charge in [-0.1, -0.05) is 6.92 Å². The summed E-state index contributed by atoms with van der Waals surface area (Å²) in [7, 11) is 0. The fraction of sp³-hybridized carbons (Fsp3) is 0.619. The number of carbonyl (C=O) groups is 2. The van der Waals surface area contributed by atoms with Crippen molar-refractivity contribution >= 4 is 29.9 Å². The lowest BCUT2D eigenvalue weighted by Crippen LogP contribution is -2.40. The fourth-order valence-corrected chi connectivity index (χ4v) is 3.94. The Morgan fingerprint density at radius 3 is 2.48 bits per heavy atom. The van der Waals surface area contributed by atoms with Gasteiger partial charge in [-0.3, -0.25) is 9.59 Å². The molecule has 5 nitrogen and oxygen atoms in total. The lowest BCUT2D eigenvalue weighted by Gasteiger charge is -2.30. The van der Waals surface area contributed by atoms with Crippen molar-refractivity contribution in [3.63, 3.8) is 0 Å². The lowest BCUT2D eigenvalue weighted by atomic mass is 9.92. The molecular formula is C21H32ClN3O2. The Bertz CT molecular complexity index is 671. The molecule has 2 heterocycles. The van der Waals surface area contributed by atoms with E-state index in [9.17, 15) is 9.59 Å². The highest BCUT2D eigenvalue weighted by Gasteiger charge is 2.25. The summed E-state index contributed by atoms with van der Waals surface area (Å²) in [6.07, 6.45) is 3.90. The Hall–Kier alpha value is -1.59. The minimum atomic E-state index is 0. The second-order valence-corrected chi connectivity index (χ2v) is 8.07. The summed E-state index contributed by atoms with van der Waals surface area (Å²) in [6.45, 7) is 8.88. The van der Waals surface area contributed by atoms with Crippen molar-refractivity contribution in [1.82, 2.24) is 10.2 Å². The highest BCUT2D eigenvalue weighted by atomic mass is 35.5. The summed E-state index contributed by atoms with van der Waals surface area (Å²) < 4.78 is 0. The van der Waals surface area contributed by atoms with E-state index < -0.39 is 0 Å². The molecule has 6 heteroatoms. The first-order valence-corrected chi connectivity index (χ1v) is 9.88. The summed E-state index contributed by atoms with van der Waals surface area (Å²) in [5.41, 5.74) is 2.46. The molecule has 2 N–H and O–H groups in total. The van der Waals surface area contributed by atoms with Crippen LogP contribution in [-0.4, -0.2) is 42.4 Å². The maximum Gasteiger partial charge on any atom is 0.253 e. The van der Waals surface area contributed by atoms with E-state index in [4.69, 9.17) is 0 Å². The third kappa shape index (κ3) is 5.45. The first kappa shape index (κ1) is 21.7. The average Bonchev–Trinajstić information content (AvgIpc) is 2.63. The van der Waals surface area contributed by atoms with Gasteiger partial charge in [-0.15, -0.1) is 12.4 Å². The van der Waals surface area contributed by atoms with Crippen molar-refractivity contribution in [3.05, 3.63) is 29.3 Å². The molecule has 27 heavy (non-hydrogen) atoms. The summed E-state index contributed by atoms with van der Waals surface area (Å²) in [6, 6.07) is 6.00. The maximum atomic E-state index is 12.7. The quantitative estimate of drug-likeness (QED) is 0.824. The molecule has 0 unspecified atom stereocenters. The third-order valence-electron chi connectivity index (χ3n) is 5.80. The van der Waals surface area contributed by atoms with Gasteiger partial charge in [-0.05, 0) is 75.8 Å². The summed E-state index contributed by atoms with van der Waals surface area (Å²) in [5.74, 6) is 0.953. The zero-order valence-electron chi connectivity index (χ0n) is 16.6. The van der Waals surface area contributed by atoms with Gasteiger partial charge in [0.05, 0.1) is 0 Å². The standard InChI is InChI=1S/C21H31N3O2.ClH/c1-14-7-10-24(11-8-14)21(26)18-4-5-19(15(2)12-18)23-20(25)17-6-9-22-16(3)13-17;/h4-5,12,14,16-17,22H,6-11,13H2,1-3H3,(H,23,25);1H/t16-,17-;/m0./s1. The highest BCUT2D eigenvalue weighted by Crippen LogP contribution is 2.23. The predicted molar refractivity (Wildman–Crippen MR) is 112 cm³/mol. The minimum Gasteiger partial charge on any atom is -0.339 e. The molecule has 3 rings (SSSR count). The zero-order valence-corrected chi connectivity index (χ0v) is 17.4. The van der Waals surface area contributed by atoms with Crippen LogP contribution >= 0.6 is 12.4 Å². The number of piperidine rings is 2. The van der Waals surface area contributed by atoms with E-state index in [0.717, 1.165) is 56.6 Å². The molecule has 150 valence electrons. The number of aryl methyl sites for hydroxylation is 1. The Morgan fingerprint density at radius 1 is 1.15 bits per heavy atom. The number of likely N-dealkylation sites (tertiary alicyclic amines) is 1. The van der Waals surface area contributed by atoms with E-state index in [1.807, 2.05) is 30.0 Å². The van der Waals surface area contributed by atoms with Crippen molar-refractivity contribution in [2.45, 2.75) is 52.5 Å². The van der Waals surface area contributed by atoms with Crippen LogP contribution in [0.5, 0.6) is 0 Å². The number of halogens is 1. The Labute approximate surface area is 168 Å². The molecule has 2 aliphatic rings. The van der Waals surface area contributed by atoms with Gasteiger partial charge in [0, 0.05) is 36.3 Å². The third-order valence-corrected chi connectivity index (χ3v) is 5.80. The number of nitrogens with zero attached hydrogens (tertiary/aromatic N) is 1. The van der Waals surface area contributed by atoms with Crippen LogP contribution in [0.3, 0.4) is 0 Å². The molecule has 1 aromatic rings. The van der Waals surface area contributed by atoms with Gasteiger partial charge in [0.15, 0.2) is 0 Å². The smallest absolute Gasteiger partial charge is 0.253 e. The van der Waals surface area contributed by atoms with Gasteiger partial charge in [0.25, 0.3) is 5.91 Å². The van der Waals surface area contributed by atoms with E-state index in [1.54, 1.807) is 0 Å². The van der Waals surface area contributed by atoms with Crippen molar-refractivity contribution in [2.24, 2.45) is 11.8 Å². The molecular weight excluding hydrogens is 362 g/mol. The number of anilines is 1. The first-order chi connectivity index (χ1) is 12.4. The summed E-state index contributed by atoms with van der Waals surface area (Å²) in [4.78, 5) is 27.2. The highest BCUT2D eigenvalue weighted by molar-refractivity contribution is 5.97. The molecule has 1 aromatic carbocycles. The second kappa shape index (κ2) is 9.56. The Balaban J connectivity index is 0.00000261. The van der Waals surface area contributed by atoms with Gasteiger partial charge in [0.2, 0.25) is 5.91 Å². The van der Waals surface area contributed by atoms with Crippen molar-refractivity contribution in [1.29, 1.82) is 0 Å². The molecule has 0 saturated carbocycles. The number of carbonyl (C=O) groups excluding carboxylic acids is 2. The maximum absolute atomic E-state index is 12.7. The number of hydrogen-bond acceptors (Lipinski definition) is 3. The Kier molecular flexibility index (Phi) is 7.68. The van der Waals surface area contributed by atoms with Crippen LogP contribution in [-0.2, 0) is 4.79 Å². The van der Waals surface area contributed by atoms with Gasteiger partial charge in [-0.2, -0.15) is 0 Å². The molecule has 0 bridgehead atoms. The van der Waals surface area contributed by atoms with Crippen LogP contribution in [0.4, 0.5) is 5.69 Å². The largest absolute Gasteiger partial charge is 0.339 e. The van der Waals surface area contributed by atoms with Gasteiger partial charge in [0.1, 0.15) is 0 Å². The summed E-state index contributed by atoms with van der Waals surface area (Å²) in [5, 5.41) is 6.43. The van der Waals surface area contributed by atoms with Crippen LogP contribution in [0.25, 0.3) is 0 Å². The molecule has 2 amide bonds. The van der Waals surface area contributed by atoms with E-state index in [-0.39, 0.29) is 30.1 Å². The minimum absolute atomic E-state index is 0. The normalized spacial score (nSPS) is 23.4. The fourth-order valence-electron chi connectivity index (χ4n) is 3.94. The number of nitrogens with one attached hydrogen (secondary N) is 2. The predicted octanol–water partition coefficient (Wildman–Crippen LogP) is 3.62. The first-order valence-electron chi connectivity index (χ1n) is 9.88. The SMILES string of the molecule is Cc1cc(C(=O)N2CCC(C)CC2)ccc1NC(=O)[C@H]1CCN[C@@H](C)C1.Cl. The van der Waals surface area contributed by atoms with Gasteiger partial charge >= 0.3 is 0 Å². The topological polar surface area (TPSA) is 61.4 Å². The van der Waals surface area contributed by atoms with Crippen molar-refractivity contribution < 1.29 is 9.59 Å². The van der Waals surface area contributed by atoms with Crippen molar-refractivity contribution in [2.75, 3.05) is 25.0 Å². The van der Waals surface area contributed by atoms with Crippen LogP contribution in [0.1, 0.15) is 55.5 Å². The van der Waals surface area contributed by atoms with E-state index >= 15 is 0 Å². The van der Waals surface area contributed by atoms with Crippen LogP contribution < -0.4 is 10.6 Å². The molecule has 2 aliphatic heterocycles. The second-order valence-electron chi connectivity index (χ2n) is 8.07. The Morgan fingerprint density at radius 2 is 1.85 bits per heavy atom. The number of benzene rings is 1. The summed E-state index contributed by atoms with van der Waals surface area (Å²) >= 11 is 0. The van der Waals surface area contributed by atoms with E-state index in [1.165, 1.54) is 0 Å². The molecule has 0 radical (unpaired) electrons. The van der Waals surface area contributed by atoms with Gasteiger partial charge < -0.3 is 15.5 Å². The monoisotopic (exact) mass is 393 g/mol. The number of amides is 2. The molecule has 0 spiro atoms. The molecule has 0 aromatic heterocycles. The number of rotatable bonds is 3. The molecule has 2 fully saturated rings. The lowest BCUT2D eigenvalue weighted by molar-refractivity contribution is -0.120. The molecule has 2 atom stereocenters. The van der Waals surface area contributed by atoms with Crippen LogP contribution in [0.2, 0.25) is 0 Å². The van der Waals surface area contributed by atoms with Crippen LogP contribution in [0.15, 0.2) is 18.2 Å². The van der Waals surface area contributed by atoms with Crippen LogP contribution in [0, 0.1) is 18.8 Å². The van der Waals surface area contributed by atoms with E-state index in [2.05, 4.69) is 24.5 Å². The number of hydrogen-bond donors (Lipinski definition) is 2. The molecule has 0 aliphatic carbocycles. The zero-order chi connectivity index (χ0) is 18.7. The van der Waals surface area contributed by atoms with E-state index in [0.29, 0.717) is 17.5 Å². The average molecular weight is 394 g/mol. The van der Waals surface area contributed by atoms with Crippen molar-refractivity contribution in [3.8, 4) is 0 Å². The van der Waals surface area contributed by atoms with Gasteiger partial charge in [-0.25, -0.2) is 0 Å². The molecule has 2 saturated heterocycles.